The Kier molecular flexibility index (Phi) is 5.59. The fourth-order valence-corrected chi connectivity index (χ4v) is 5.20. The second kappa shape index (κ2) is 8.56. The molecule has 9 heteroatoms. The van der Waals surface area contributed by atoms with Gasteiger partial charge in [-0.15, -0.1) is 0 Å². The van der Waals surface area contributed by atoms with Crippen molar-refractivity contribution < 1.29 is 14.3 Å². The Morgan fingerprint density at radius 1 is 1.21 bits per heavy atom. The van der Waals surface area contributed by atoms with Crippen LogP contribution in [-0.2, 0) is 4.74 Å². The second-order valence-corrected chi connectivity index (χ2v) is 9.22. The number of hydrogen-bond acceptors (Lipinski definition) is 6. The molecule has 33 heavy (non-hydrogen) atoms. The standard InChI is InChI=1S/C24H24ClN5O3/c1-14(2)32-24(31)30-16-4-5-17(30)11-18(10-16)33-23-19-7-8-29(22(19)27-13-28-23)21-6-3-15(12-26)9-20(21)25/h3,6-9,13-14,16-18H,4-5,10-11H2,1-2H3/t16-,17-/m0/s1. The summed E-state index contributed by atoms with van der Waals surface area (Å²) in [6.45, 7) is 3.74. The molecular formula is C24H24ClN5O3. The summed E-state index contributed by atoms with van der Waals surface area (Å²) in [4.78, 5) is 23.3. The predicted octanol–water partition coefficient (Wildman–Crippen LogP) is 4.86. The van der Waals surface area contributed by atoms with E-state index in [9.17, 15) is 4.79 Å². The summed E-state index contributed by atoms with van der Waals surface area (Å²) >= 11 is 6.42. The highest BCUT2D eigenvalue weighted by molar-refractivity contribution is 6.32. The molecule has 5 rings (SSSR count). The van der Waals surface area contributed by atoms with Crippen molar-refractivity contribution in [1.29, 1.82) is 5.26 Å². The van der Waals surface area contributed by atoms with Gasteiger partial charge in [-0.2, -0.15) is 5.26 Å². The van der Waals surface area contributed by atoms with E-state index in [0.717, 1.165) is 36.8 Å². The minimum absolute atomic E-state index is 0.0365. The van der Waals surface area contributed by atoms with Gasteiger partial charge in [0, 0.05) is 31.1 Å². The van der Waals surface area contributed by atoms with E-state index in [2.05, 4.69) is 16.0 Å². The van der Waals surface area contributed by atoms with Crippen LogP contribution in [0.25, 0.3) is 16.7 Å². The molecule has 2 aliphatic rings. The number of fused-ring (bicyclic) bond motifs is 3. The van der Waals surface area contributed by atoms with Gasteiger partial charge in [-0.05, 0) is 51.0 Å². The molecule has 170 valence electrons. The van der Waals surface area contributed by atoms with Gasteiger partial charge >= 0.3 is 6.09 Å². The third-order valence-electron chi connectivity index (χ3n) is 6.30. The number of benzene rings is 1. The lowest BCUT2D eigenvalue weighted by Crippen LogP contribution is -2.49. The maximum absolute atomic E-state index is 12.5. The van der Waals surface area contributed by atoms with Crippen molar-refractivity contribution >= 4 is 28.7 Å². The number of piperidine rings is 1. The molecule has 0 N–H and O–H groups in total. The molecule has 3 aromatic rings. The molecule has 0 spiro atoms. The molecule has 4 heterocycles. The van der Waals surface area contributed by atoms with E-state index < -0.39 is 0 Å². The zero-order valence-electron chi connectivity index (χ0n) is 18.4. The van der Waals surface area contributed by atoms with Crippen LogP contribution in [0.15, 0.2) is 36.8 Å². The van der Waals surface area contributed by atoms with E-state index in [1.54, 1.807) is 18.2 Å². The van der Waals surface area contributed by atoms with Gasteiger partial charge in [0.1, 0.15) is 12.4 Å². The van der Waals surface area contributed by atoms with Crippen molar-refractivity contribution in [3.63, 3.8) is 0 Å². The van der Waals surface area contributed by atoms with Crippen LogP contribution in [0, 0.1) is 11.3 Å². The Morgan fingerprint density at radius 2 is 1.97 bits per heavy atom. The maximum Gasteiger partial charge on any atom is 0.410 e. The number of hydrogen-bond donors (Lipinski definition) is 0. The van der Waals surface area contributed by atoms with Crippen LogP contribution in [0.4, 0.5) is 4.79 Å². The minimum Gasteiger partial charge on any atom is -0.474 e. The van der Waals surface area contributed by atoms with E-state index in [-0.39, 0.29) is 30.4 Å². The Bertz CT molecular complexity index is 1240. The second-order valence-electron chi connectivity index (χ2n) is 8.82. The highest BCUT2D eigenvalue weighted by Crippen LogP contribution is 2.38. The van der Waals surface area contributed by atoms with Crippen LogP contribution in [-0.4, -0.2) is 49.8 Å². The first-order valence-electron chi connectivity index (χ1n) is 11.1. The summed E-state index contributed by atoms with van der Waals surface area (Å²) in [5.41, 5.74) is 1.90. The lowest BCUT2D eigenvalue weighted by atomic mass is 10.0. The molecule has 0 saturated carbocycles. The average molecular weight is 466 g/mol. The van der Waals surface area contributed by atoms with Crippen molar-refractivity contribution in [2.24, 2.45) is 0 Å². The van der Waals surface area contributed by atoms with E-state index in [4.69, 9.17) is 26.3 Å². The Labute approximate surface area is 196 Å². The zero-order chi connectivity index (χ0) is 23.1. The van der Waals surface area contributed by atoms with Gasteiger partial charge in [-0.1, -0.05) is 11.6 Å². The van der Waals surface area contributed by atoms with Gasteiger partial charge in [-0.3, -0.25) is 4.57 Å². The minimum atomic E-state index is -0.225. The van der Waals surface area contributed by atoms with Crippen LogP contribution in [0.2, 0.25) is 5.02 Å². The Hall–Kier alpha value is -3.31. The van der Waals surface area contributed by atoms with Gasteiger partial charge in [-0.25, -0.2) is 14.8 Å². The molecule has 2 aromatic heterocycles. The first-order chi connectivity index (χ1) is 15.9. The number of aromatic nitrogens is 3. The number of carbonyl (C=O) groups is 1. The van der Waals surface area contributed by atoms with E-state index >= 15 is 0 Å². The molecule has 2 bridgehead atoms. The molecule has 2 fully saturated rings. The molecule has 0 unspecified atom stereocenters. The number of nitriles is 1. The summed E-state index contributed by atoms with van der Waals surface area (Å²) in [7, 11) is 0. The summed E-state index contributed by atoms with van der Waals surface area (Å²) in [6, 6.07) is 9.40. The summed E-state index contributed by atoms with van der Waals surface area (Å²) < 4.78 is 13.7. The number of ether oxygens (including phenoxy) is 2. The Morgan fingerprint density at radius 3 is 2.64 bits per heavy atom. The third-order valence-corrected chi connectivity index (χ3v) is 6.60. The number of rotatable bonds is 4. The van der Waals surface area contributed by atoms with Crippen LogP contribution in [0.1, 0.15) is 45.1 Å². The van der Waals surface area contributed by atoms with Gasteiger partial charge in [0.05, 0.1) is 33.8 Å². The van der Waals surface area contributed by atoms with Crippen LogP contribution < -0.4 is 4.74 Å². The molecule has 8 nitrogen and oxygen atoms in total. The number of amides is 1. The van der Waals surface area contributed by atoms with E-state index in [0.29, 0.717) is 22.1 Å². The van der Waals surface area contributed by atoms with Crippen molar-refractivity contribution in [1.82, 2.24) is 19.4 Å². The number of carbonyl (C=O) groups excluding carboxylic acids is 1. The first-order valence-corrected chi connectivity index (χ1v) is 11.5. The van der Waals surface area contributed by atoms with Crippen LogP contribution in [0.3, 0.4) is 0 Å². The number of nitrogens with zero attached hydrogens (tertiary/aromatic N) is 5. The monoisotopic (exact) mass is 465 g/mol. The smallest absolute Gasteiger partial charge is 0.410 e. The lowest BCUT2D eigenvalue weighted by molar-refractivity contribution is 0.0213. The quantitative estimate of drug-likeness (QED) is 0.546. The largest absolute Gasteiger partial charge is 0.474 e. The van der Waals surface area contributed by atoms with E-state index in [1.807, 2.05) is 35.6 Å². The topological polar surface area (TPSA) is 93.3 Å². The fraction of sp³-hybridized carbons (Fsp3) is 0.417. The molecule has 0 radical (unpaired) electrons. The molecule has 1 amide bonds. The molecule has 2 atom stereocenters. The van der Waals surface area contributed by atoms with Crippen molar-refractivity contribution in [3.8, 4) is 17.6 Å². The molecule has 0 aliphatic carbocycles. The Balaban J connectivity index is 1.37. The highest BCUT2D eigenvalue weighted by Gasteiger charge is 2.45. The maximum atomic E-state index is 12.5. The predicted molar refractivity (Wildman–Crippen MR) is 123 cm³/mol. The van der Waals surface area contributed by atoms with Crippen molar-refractivity contribution in [2.45, 2.75) is 63.8 Å². The summed E-state index contributed by atoms with van der Waals surface area (Å²) in [5, 5.41) is 10.3. The normalized spacial score (nSPS) is 21.9. The average Bonchev–Trinajstić information content (AvgIpc) is 3.33. The molecule has 2 saturated heterocycles. The summed E-state index contributed by atoms with van der Waals surface area (Å²) in [5.74, 6) is 0.520. The van der Waals surface area contributed by atoms with Gasteiger partial charge in [0.2, 0.25) is 5.88 Å². The van der Waals surface area contributed by atoms with Gasteiger partial charge in [0.25, 0.3) is 0 Å². The zero-order valence-corrected chi connectivity index (χ0v) is 19.2. The molecule has 2 aliphatic heterocycles. The molecular weight excluding hydrogens is 442 g/mol. The lowest BCUT2D eigenvalue weighted by Gasteiger charge is -2.38. The highest BCUT2D eigenvalue weighted by atomic mass is 35.5. The first kappa shape index (κ1) is 21.5. The summed E-state index contributed by atoms with van der Waals surface area (Å²) in [6.07, 6.45) is 6.38. The van der Waals surface area contributed by atoms with Crippen LogP contribution in [0.5, 0.6) is 5.88 Å². The van der Waals surface area contributed by atoms with E-state index in [1.165, 1.54) is 6.33 Å². The number of halogens is 1. The van der Waals surface area contributed by atoms with Crippen molar-refractivity contribution in [2.75, 3.05) is 0 Å². The van der Waals surface area contributed by atoms with Crippen molar-refractivity contribution in [3.05, 3.63) is 47.4 Å². The molecule has 1 aromatic carbocycles. The van der Waals surface area contributed by atoms with Gasteiger partial charge in [0.15, 0.2) is 5.65 Å². The third kappa shape index (κ3) is 3.98. The fourth-order valence-electron chi connectivity index (χ4n) is 4.93. The van der Waals surface area contributed by atoms with Gasteiger partial charge < -0.3 is 14.4 Å². The van der Waals surface area contributed by atoms with Crippen LogP contribution >= 0.6 is 11.6 Å². The SMILES string of the molecule is CC(C)OC(=O)N1[C@H]2CC[C@H]1CC(Oc1ncnc3c1ccn3-c1ccc(C#N)cc1Cl)C2.